The van der Waals surface area contributed by atoms with E-state index in [2.05, 4.69) is 80.6 Å². The highest BCUT2D eigenvalue weighted by molar-refractivity contribution is 5.81. The van der Waals surface area contributed by atoms with Crippen molar-refractivity contribution < 1.29 is 23.8 Å². The fraction of sp³-hybridized carbons (Fsp3) is 0.907. The second-order valence-electron chi connectivity index (χ2n) is 19.2. The fourth-order valence-corrected chi connectivity index (χ4v) is 10.6. The van der Waals surface area contributed by atoms with Crippen molar-refractivity contribution in [3.05, 3.63) is 11.6 Å². The van der Waals surface area contributed by atoms with E-state index in [1.54, 1.807) is 5.57 Å². The molecule has 3 fully saturated rings. The number of esters is 1. The highest BCUT2D eigenvalue weighted by Crippen LogP contribution is 2.67. The lowest BCUT2D eigenvalue weighted by molar-refractivity contribution is -0.152. The Labute approximate surface area is 301 Å². The predicted octanol–water partition coefficient (Wildman–Crippen LogP) is 10.2. The second-order valence-corrected chi connectivity index (χ2v) is 19.2. The van der Waals surface area contributed by atoms with Crippen LogP contribution in [0.5, 0.6) is 0 Å². The van der Waals surface area contributed by atoms with Crippen LogP contribution in [0.25, 0.3) is 0 Å². The predicted molar refractivity (Wildman–Crippen MR) is 200 cm³/mol. The molecule has 1 N–H and O–H groups in total. The van der Waals surface area contributed by atoms with Crippen LogP contribution in [-0.4, -0.2) is 48.9 Å². The Hall–Kier alpha value is -1.40. The number of fused-ring (bicyclic) bond motifs is 5. The van der Waals surface area contributed by atoms with Gasteiger partial charge in [-0.15, -0.1) is 0 Å². The van der Waals surface area contributed by atoms with Crippen molar-refractivity contribution in [3.8, 4) is 0 Å². The zero-order chi connectivity index (χ0) is 36.0. The molecule has 0 aromatic carbocycles. The minimum Gasteiger partial charge on any atom is -0.462 e. The molecular weight excluding hydrogens is 610 g/mol. The van der Waals surface area contributed by atoms with Crippen LogP contribution in [0.2, 0.25) is 0 Å². The van der Waals surface area contributed by atoms with E-state index in [0.717, 1.165) is 67.6 Å². The van der Waals surface area contributed by atoms with E-state index in [0.29, 0.717) is 25.2 Å². The molecule has 6 heteroatoms. The summed E-state index contributed by atoms with van der Waals surface area (Å²) in [5.41, 5.74) is 1.87. The number of carbonyl (C=O) groups is 2. The standard InChI is InChI=1S/C43H75NO5/c1-30(2)13-11-14-31(3)35-17-18-36-34-16-15-32-29-33(21-23-42(32,9)37(34)22-24-43(35,36)10)49-39(46)20-19-38(45)44-26-12-27-48-41(7,8)25-28-47-40(4,5)6/h15,30-31,33-37H,11-14,16-29H2,1-10H3,(H,44,45)/t31?,33-,34-,35?,36-,37-,42-,43+/m0/s1. The number of carbonyl (C=O) groups excluding carboxylic acids is 2. The first kappa shape index (κ1) is 40.4. The first-order valence-electron chi connectivity index (χ1n) is 20.4. The van der Waals surface area contributed by atoms with Gasteiger partial charge in [-0.05, 0) is 139 Å². The summed E-state index contributed by atoms with van der Waals surface area (Å²) in [5, 5.41) is 2.94. The largest absolute Gasteiger partial charge is 0.462 e. The molecule has 0 radical (unpaired) electrons. The summed E-state index contributed by atoms with van der Waals surface area (Å²) < 4.78 is 17.8. The van der Waals surface area contributed by atoms with Crippen molar-refractivity contribution in [1.82, 2.24) is 5.32 Å². The smallest absolute Gasteiger partial charge is 0.306 e. The maximum absolute atomic E-state index is 12.8. The van der Waals surface area contributed by atoms with E-state index < -0.39 is 0 Å². The molecule has 4 aliphatic carbocycles. The van der Waals surface area contributed by atoms with Gasteiger partial charge in [-0.25, -0.2) is 0 Å². The molecule has 0 aromatic rings. The van der Waals surface area contributed by atoms with E-state index in [9.17, 15) is 9.59 Å². The molecule has 1 amide bonds. The van der Waals surface area contributed by atoms with Gasteiger partial charge < -0.3 is 19.5 Å². The molecule has 4 aliphatic rings. The van der Waals surface area contributed by atoms with Gasteiger partial charge in [-0.2, -0.15) is 0 Å². The third kappa shape index (κ3) is 10.8. The zero-order valence-corrected chi connectivity index (χ0v) is 33.4. The van der Waals surface area contributed by atoms with Crippen molar-refractivity contribution in [2.45, 2.75) is 183 Å². The summed E-state index contributed by atoms with van der Waals surface area (Å²) in [5.74, 6) is 4.63. The molecule has 0 spiro atoms. The number of nitrogens with one attached hydrogen (secondary N) is 1. The number of ether oxygens (including phenoxy) is 3. The molecule has 49 heavy (non-hydrogen) atoms. The van der Waals surface area contributed by atoms with Gasteiger partial charge in [0.1, 0.15) is 6.10 Å². The van der Waals surface area contributed by atoms with E-state index in [1.807, 2.05) is 0 Å². The highest BCUT2D eigenvalue weighted by atomic mass is 16.5. The van der Waals surface area contributed by atoms with Crippen molar-refractivity contribution >= 4 is 11.9 Å². The zero-order valence-electron chi connectivity index (χ0n) is 33.4. The average molecular weight is 686 g/mol. The lowest BCUT2D eigenvalue weighted by atomic mass is 9.47. The first-order valence-corrected chi connectivity index (χ1v) is 20.4. The SMILES string of the molecule is CC(C)CCCC(C)C1CC[C@H]2[C@@H]3CC=C4C[C@@H](OC(=O)CCC(=O)NCCCOC(C)(C)CCOC(C)(C)C)CC[C@]4(C)[C@H]3CC[C@]12C. The van der Waals surface area contributed by atoms with Crippen molar-refractivity contribution in [3.63, 3.8) is 0 Å². The van der Waals surface area contributed by atoms with Gasteiger partial charge in [0.15, 0.2) is 0 Å². The van der Waals surface area contributed by atoms with Gasteiger partial charge >= 0.3 is 5.97 Å². The Kier molecular flexibility index (Phi) is 14.0. The van der Waals surface area contributed by atoms with Crippen molar-refractivity contribution in [1.29, 1.82) is 0 Å². The lowest BCUT2D eigenvalue weighted by Crippen LogP contribution is -2.51. The van der Waals surface area contributed by atoms with Crippen molar-refractivity contribution in [2.24, 2.45) is 46.3 Å². The molecule has 6 nitrogen and oxygen atoms in total. The normalized spacial score (nSPS) is 32.1. The molecule has 0 aromatic heterocycles. The minimum absolute atomic E-state index is 0.0582. The average Bonchev–Trinajstić information content (AvgIpc) is 3.36. The molecule has 8 atom stereocenters. The molecule has 2 unspecified atom stereocenters. The summed E-state index contributed by atoms with van der Waals surface area (Å²) >= 11 is 0. The van der Waals surface area contributed by atoms with Crippen molar-refractivity contribution in [2.75, 3.05) is 19.8 Å². The number of hydrogen-bond acceptors (Lipinski definition) is 5. The number of hydrogen-bond donors (Lipinski definition) is 1. The van der Waals surface area contributed by atoms with Gasteiger partial charge in [-0.3, -0.25) is 9.59 Å². The second kappa shape index (κ2) is 17.0. The lowest BCUT2D eigenvalue weighted by Gasteiger charge is -2.58. The van der Waals surface area contributed by atoms with Crippen LogP contribution in [0.15, 0.2) is 11.6 Å². The molecule has 282 valence electrons. The number of amides is 1. The summed E-state index contributed by atoms with van der Waals surface area (Å²) in [7, 11) is 0. The van der Waals surface area contributed by atoms with Crippen LogP contribution in [0.1, 0.15) is 166 Å². The third-order valence-electron chi connectivity index (χ3n) is 13.5. The molecule has 4 rings (SSSR count). The Morgan fingerprint density at radius 2 is 1.65 bits per heavy atom. The summed E-state index contributed by atoms with van der Waals surface area (Å²) in [6.07, 6.45) is 18.2. The summed E-state index contributed by atoms with van der Waals surface area (Å²) in [6, 6.07) is 0. The molecule has 0 heterocycles. The minimum atomic E-state index is -0.270. The van der Waals surface area contributed by atoms with Gasteiger partial charge in [0, 0.05) is 32.6 Å². The summed E-state index contributed by atoms with van der Waals surface area (Å²) in [6.45, 7) is 24.6. The van der Waals surface area contributed by atoms with Crippen LogP contribution < -0.4 is 5.32 Å². The fourth-order valence-electron chi connectivity index (χ4n) is 10.6. The van der Waals surface area contributed by atoms with E-state index in [4.69, 9.17) is 14.2 Å². The maximum Gasteiger partial charge on any atom is 0.306 e. The highest BCUT2D eigenvalue weighted by Gasteiger charge is 2.59. The van der Waals surface area contributed by atoms with E-state index in [-0.39, 0.29) is 47.4 Å². The van der Waals surface area contributed by atoms with Crippen LogP contribution in [-0.2, 0) is 23.8 Å². The molecular formula is C43H75NO5. The Morgan fingerprint density at radius 3 is 2.37 bits per heavy atom. The summed E-state index contributed by atoms with van der Waals surface area (Å²) in [4.78, 5) is 25.3. The maximum atomic E-state index is 12.8. The topological polar surface area (TPSA) is 73.9 Å². The number of allylic oxidation sites excluding steroid dienone is 1. The van der Waals surface area contributed by atoms with Crippen LogP contribution in [0, 0.1) is 46.3 Å². The van der Waals surface area contributed by atoms with Crippen LogP contribution >= 0.6 is 0 Å². The van der Waals surface area contributed by atoms with Crippen LogP contribution in [0.3, 0.4) is 0 Å². The van der Waals surface area contributed by atoms with Gasteiger partial charge in [0.25, 0.3) is 0 Å². The quantitative estimate of drug-likeness (QED) is 0.0937. The first-order chi connectivity index (χ1) is 22.9. The van der Waals surface area contributed by atoms with E-state index in [1.165, 1.54) is 51.4 Å². The Bertz CT molecular complexity index is 1120. The molecule has 3 saturated carbocycles. The van der Waals surface area contributed by atoms with E-state index >= 15 is 0 Å². The molecule has 0 saturated heterocycles. The molecule has 0 bridgehead atoms. The third-order valence-corrected chi connectivity index (χ3v) is 13.5. The monoisotopic (exact) mass is 686 g/mol. The van der Waals surface area contributed by atoms with Gasteiger partial charge in [0.05, 0.1) is 17.6 Å². The van der Waals surface area contributed by atoms with Gasteiger partial charge in [0.2, 0.25) is 5.91 Å². The number of rotatable bonds is 17. The Morgan fingerprint density at radius 1 is 0.898 bits per heavy atom. The molecule has 0 aliphatic heterocycles. The van der Waals surface area contributed by atoms with Gasteiger partial charge in [-0.1, -0.05) is 65.5 Å². The Balaban J connectivity index is 1.17. The van der Waals surface area contributed by atoms with Crippen LogP contribution in [0.4, 0.5) is 0 Å².